The van der Waals surface area contributed by atoms with E-state index in [2.05, 4.69) is 19.2 Å². The van der Waals surface area contributed by atoms with E-state index in [0.717, 1.165) is 16.2 Å². The molecule has 118 valence electrons. The molecular weight excluding hydrogens is 320 g/mol. The quantitative estimate of drug-likeness (QED) is 0.877. The molecule has 5 nitrogen and oxygen atoms in total. The zero-order valence-corrected chi connectivity index (χ0v) is 14.0. The van der Waals surface area contributed by atoms with Crippen molar-refractivity contribution in [2.45, 2.75) is 30.5 Å². The second-order valence-electron chi connectivity index (χ2n) is 5.23. The van der Waals surface area contributed by atoms with Crippen molar-refractivity contribution in [1.82, 2.24) is 5.32 Å². The van der Waals surface area contributed by atoms with Crippen LogP contribution in [0.4, 0.5) is 0 Å². The van der Waals surface area contributed by atoms with Crippen LogP contribution in [0.25, 0.3) is 0 Å². The average Bonchev–Trinajstić information content (AvgIpc) is 2.94. The van der Waals surface area contributed by atoms with Gasteiger partial charge in [0.1, 0.15) is 4.21 Å². The Kier molecular flexibility index (Phi) is 5.00. The molecule has 0 aliphatic rings. The molecule has 3 N–H and O–H groups in total. The highest BCUT2D eigenvalue weighted by Gasteiger charge is 2.12. The SMILES string of the molecule is CC(C)c1ccc(C(=O)NCc2ccc(S(N)(=O)=O)s2)cc1. The number of hydrogen-bond acceptors (Lipinski definition) is 4. The molecular formula is C15H18N2O3S2. The van der Waals surface area contributed by atoms with E-state index < -0.39 is 10.0 Å². The van der Waals surface area contributed by atoms with Crippen molar-refractivity contribution in [2.75, 3.05) is 0 Å². The lowest BCUT2D eigenvalue weighted by Crippen LogP contribution is -2.22. The molecule has 0 unspecified atom stereocenters. The van der Waals surface area contributed by atoms with Gasteiger partial charge in [-0.3, -0.25) is 4.79 Å². The largest absolute Gasteiger partial charge is 0.347 e. The summed E-state index contributed by atoms with van der Waals surface area (Å²) in [5.74, 6) is 0.223. The van der Waals surface area contributed by atoms with E-state index >= 15 is 0 Å². The number of benzene rings is 1. The molecule has 0 saturated heterocycles. The summed E-state index contributed by atoms with van der Waals surface area (Å²) >= 11 is 1.06. The standard InChI is InChI=1S/C15H18N2O3S2/c1-10(2)11-3-5-12(6-4-11)15(18)17-9-13-7-8-14(21-13)22(16,19)20/h3-8,10H,9H2,1-2H3,(H,17,18)(H2,16,19,20). The second kappa shape index (κ2) is 6.60. The van der Waals surface area contributed by atoms with E-state index in [-0.39, 0.29) is 16.7 Å². The smallest absolute Gasteiger partial charge is 0.251 e. The van der Waals surface area contributed by atoms with E-state index in [9.17, 15) is 13.2 Å². The van der Waals surface area contributed by atoms with Crippen LogP contribution in [0.2, 0.25) is 0 Å². The van der Waals surface area contributed by atoms with Crippen LogP contribution in [0, 0.1) is 0 Å². The molecule has 0 aliphatic carbocycles. The Bertz CT molecular complexity index is 762. The second-order valence-corrected chi connectivity index (χ2v) is 8.18. The van der Waals surface area contributed by atoms with Gasteiger partial charge >= 0.3 is 0 Å². The van der Waals surface area contributed by atoms with Crippen LogP contribution >= 0.6 is 11.3 Å². The maximum atomic E-state index is 12.1. The summed E-state index contributed by atoms with van der Waals surface area (Å²) < 4.78 is 22.5. The monoisotopic (exact) mass is 338 g/mol. The molecule has 0 saturated carbocycles. The number of nitrogens with one attached hydrogen (secondary N) is 1. The van der Waals surface area contributed by atoms with Crippen LogP contribution in [0.5, 0.6) is 0 Å². The molecule has 0 aliphatic heterocycles. The van der Waals surface area contributed by atoms with Crippen molar-refractivity contribution in [3.8, 4) is 0 Å². The normalized spacial score (nSPS) is 11.6. The molecule has 1 heterocycles. The van der Waals surface area contributed by atoms with E-state index in [1.807, 2.05) is 12.1 Å². The van der Waals surface area contributed by atoms with Gasteiger partial charge < -0.3 is 5.32 Å². The molecule has 22 heavy (non-hydrogen) atoms. The first-order valence-electron chi connectivity index (χ1n) is 6.77. The van der Waals surface area contributed by atoms with E-state index in [4.69, 9.17) is 5.14 Å². The lowest BCUT2D eigenvalue weighted by atomic mass is 10.0. The van der Waals surface area contributed by atoms with Gasteiger partial charge in [-0.15, -0.1) is 11.3 Å². The topological polar surface area (TPSA) is 89.3 Å². The first kappa shape index (κ1) is 16.7. The minimum Gasteiger partial charge on any atom is -0.347 e. The molecule has 0 radical (unpaired) electrons. The van der Waals surface area contributed by atoms with Gasteiger partial charge in [0, 0.05) is 10.4 Å². The first-order chi connectivity index (χ1) is 10.3. The maximum absolute atomic E-state index is 12.1. The number of primary sulfonamides is 1. The third kappa shape index (κ3) is 4.16. The number of hydrogen-bond donors (Lipinski definition) is 2. The van der Waals surface area contributed by atoms with E-state index in [1.54, 1.807) is 18.2 Å². The van der Waals surface area contributed by atoms with Crippen LogP contribution in [-0.2, 0) is 16.6 Å². The summed E-state index contributed by atoms with van der Waals surface area (Å²) in [6.07, 6.45) is 0. The van der Waals surface area contributed by atoms with Crippen LogP contribution < -0.4 is 10.5 Å². The Balaban J connectivity index is 1.99. The fourth-order valence-electron chi connectivity index (χ4n) is 1.90. The van der Waals surface area contributed by atoms with Crippen molar-refractivity contribution < 1.29 is 13.2 Å². The van der Waals surface area contributed by atoms with Crippen LogP contribution in [0.15, 0.2) is 40.6 Å². The first-order valence-corrected chi connectivity index (χ1v) is 9.13. The van der Waals surface area contributed by atoms with Crippen molar-refractivity contribution in [3.63, 3.8) is 0 Å². The highest BCUT2D eigenvalue weighted by Crippen LogP contribution is 2.20. The van der Waals surface area contributed by atoms with Gasteiger partial charge in [0.15, 0.2) is 0 Å². The van der Waals surface area contributed by atoms with Gasteiger partial charge in [-0.2, -0.15) is 0 Å². The molecule has 0 bridgehead atoms. The predicted octanol–water partition coefficient (Wildman–Crippen LogP) is 2.45. The third-order valence-electron chi connectivity index (χ3n) is 3.18. The van der Waals surface area contributed by atoms with Crippen LogP contribution in [-0.4, -0.2) is 14.3 Å². The predicted molar refractivity (Wildman–Crippen MR) is 87.4 cm³/mol. The maximum Gasteiger partial charge on any atom is 0.251 e. The van der Waals surface area contributed by atoms with Crippen molar-refractivity contribution in [2.24, 2.45) is 5.14 Å². The summed E-state index contributed by atoms with van der Waals surface area (Å²) in [4.78, 5) is 12.8. The van der Waals surface area contributed by atoms with Crippen molar-refractivity contribution in [3.05, 3.63) is 52.4 Å². The Hall–Kier alpha value is -1.70. The fourth-order valence-corrected chi connectivity index (χ4v) is 3.61. The molecule has 2 aromatic rings. The Morgan fingerprint density at radius 3 is 2.32 bits per heavy atom. The fraction of sp³-hybridized carbons (Fsp3) is 0.267. The zero-order valence-electron chi connectivity index (χ0n) is 12.4. The number of rotatable bonds is 5. The van der Waals surface area contributed by atoms with Crippen LogP contribution in [0.3, 0.4) is 0 Å². The number of carbonyl (C=O) groups excluding carboxylic acids is 1. The molecule has 1 amide bonds. The number of sulfonamides is 1. The molecule has 2 rings (SSSR count). The van der Waals surface area contributed by atoms with Gasteiger partial charge in [0.25, 0.3) is 5.91 Å². The number of amides is 1. The summed E-state index contributed by atoms with van der Waals surface area (Å²) in [6, 6.07) is 10.5. The lowest BCUT2D eigenvalue weighted by Gasteiger charge is -2.07. The Labute approximate surface area is 134 Å². The molecule has 1 aromatic heterocycles. The molecule has 0 fully saturated rings. The van der Waals surface area contributed by atoms with Crippen LogP contribution in [0.1, 0.15) is 40.6 Å². The summed E-state index contributed by atoms with van der Waals surface area (Å²) in [7, 11) is -3.68. The number of thiophene rings is 1. The minimum absolute atomic E-state index is 0.0954. The molecule has 1 aromatic carbocycles. The van der Waals surface area contributed by atoms with Gasteiger partial charge in [0.2, 0.25) is 10.0 Å². The lowest BCUT2D eigenvalue weighted by molar-refractivity contribution is 0.0951. The van der Waals surface area contributed by atoms with Gasteiger partial charge in [-0.05, 0) is 35.7 Å². The van der Waals surface area contributed by atoms with Gasteiger partial charge in [0.05, 0.1) is 6.54 Å². The highest BCUT2D eigenvalue weighted by molar-refractivity contribution is 7.91. The highest BCUT2D eigenvalue weighted by atomic mass is 32.2. The Morgan fingerprint density at radius 1 is 1.18 bits per heavy atom. The van der Waals surface area contributed by atoms with Crippen molar-refractivity contribution in [1.29, 1.82) is 0 Å². The van der Waals surface area contributed by atoms with Gasteiger partial charge in [-0.1, -0.05) is 26.0 Å². The summed E-state index contributed by atoms with van der Waals surface area (Å²) in [6.45, 7) is 4.45. The number of nitrogens with two attached hydrogens (primary N) is 1. The molecule has 0 spiro atoms. The van der Waals surface area contributed by atoms with E-state index in [1.165, 1.54) is 11.6 Å². The average molecular weight is 338 g/mol. The summed E-state index contributed by atoms with van der Waals surface area (Å²) in [5.41, 5.74) is 1.75. The van der Waals surface area contributed by atoms with E-state index in [0.29, 0.717) is 11.5 Å². The van der Waals surface area contributed by atoms with Gasteiger partial charge in [-0.25, -0.2) is 13.6 Å². The number of carbonyl (C=O) groups is 1. The third-order valence-corrected chi connectivity index (χ3v) is 5.70. The minimum atomic E-state index is -3.68. The molecule has 7 heteroatoms. The Morgan fingerprint density at radius 2 is 1.82 bits per heavy atom. The van der Waals surface area contributed by atoms with Crippen molar-refractivity contribution >= 4 is 27.3 Å². The zero-order chi connectivity index (χ0) is 16.3. The summed E-state index contributed by atoms with van der Waals surface area (Å²) in [5, 5.41) is 7.82. The molecule has 0 atom stereocenters.